The summed E-state index contributed by atoms with van der Waals surface area (Å²) in [5.74, 6) is 0.839. The van der Waals surface area contributed by atoms with Crippen LogP contribution in [0.5, 0.6) is 5.75 Å². The quantitative estimate of drug-likeness (QED) is 0.757. The zero-order valence-electron chi connectivity index (χ0n) is 11.3. The fourth-order valence-corrected chi connectivity index (χ4v) is 1.93. The van der Waals surface area contributed by atoms with Gasteiger partial charge in [0.1, 0.15) is 5.75 Å². The maximum absolute atomic E-state index is 12.3. The number of ketones is 1. The van der Waals surface area contributed by atoms with Gasteiger partial charge in [0, 0.05) is 11.1 Å². The smallest absolute Gasteiger partial charge is 0.193 e. The molecule has 0 unspecified atom stereocenters. The van der Waals surface area contributed by atoms with Gasteiger partial charge in [-0.25, -0.2) is 0 Å². The molecule has 0 aromatic heterocycles. The maximum atomic E-state index is 12.3. The Bertz CT molecular complexity index is 538. The lowest BCUT2D eigenvalue weighted by atomic mass is 10.0. The minimum Gasteiger partial charge on any atom is -0.494 e. The van der Waals surface area contributed by atoms with Gasteiger partial charge in [0.05, 0.1) is 6.61 Å². The summed E-state index contributed by atoms with van der Waals surface area (Å²) in [7, 11) is 0. The first-order chi connectivity index (χ1) is 9.24. The minimum atomic E-state index is 0.0469. The highest BCUT2D eigenvalue weighted by molar-refractivity contribution is 6.09. The first-order valence-electron chi connectivity index (χ1n) is 6.61. The first kappa shape index (κ1) is 13.3. The zero-order valence-corrected chi connectivity index (χ0v) is 11.3. The summed E-state index contributed by atoms with van der Waals surface area (Å²) in [6.07, 6.45) is 0.984. The van der Waals surface area contributed by atoms with Crippen molar-refractivity contribution in [1.82, 2.24) is 0 Å². The predicted octanol–water partition coefficient (Wildman–Crippen LogP) is 3.88. The van der Waals surface area contributed by atoms with Crippen LogP contribution in [0.25, 0.3) is 0 Å². The molecule has 0 spiro atoms. The summed E-state index contributed by atoms with van der Waals surface area (Å²) in [6.45, 7) is 4.67. The molecule has 0 aliphatic rings. The Balaban J connectivity index is 2.18. The van der Waals surface area contributed by atoms with E-state index in [1.54, 1.807) is 12.1 Å². The molecule has 2 nitrogen and oxygen atoms in total. The normalized spacial score (nSPS) is 10.2. The molecular weight excluding hydrogens is 236 g/mol. The summed E-state index contributed by atoms with van der Waals surface area (Å²) in [4.78, 5) is 12.3. The summed E-state index contributed by atoms with van der Waals surface area (Å²) in [6, 6.07) is 15.1. The lowest BCUT2D eigenvalue weighted by molar-refractivity contribution is 0.103. The van der Waals surface area contributed by atoms with E-state index in [-0.39, 0.29) is 5.78 Å². The van der Waals surface area contributed by atoms with Crippen molar-refractivity contribution in [1.29, 1.82) is 0 Å². The molecular formula is C17H18O2. The highest BCUT2D eigenvalue weighted by Crippen LogP contribution is 2.16. The molecule has 0 aliphatic heterocycles. The predicted molar refractivity (Wildman–Crippen MR) is 76.9 cm³/mol. The Morgan fingerprint density at radius 1 is 0.895 bits per heavy atom. The number of carbonyl (C=O) groups excluding carboxylic acids is 1. The third-order valence-corrected chi connectivity index (χ3v) is 3.05. The lowest BCUT2D eigenvalue weighted by Crippen LogP contribution is -2.01. The Hall–Kier alpha value is -2.09. The van der Waals surface area contributed by atoms with Gasteiger partial charge in [0.15, 0.2) is 5.78 Å². The second-order valence-electron chi connectivity index (χ2n) is 4.34. The highest BCUT2D eigenvalue weighted by Gasteiger charge is 2.08. The average molecular weight is 254 g/mol. The Kier molecular flexibility index (Phi) is 4.35. The van der Waals surface area contributed by atoms with E-state index in [4.69, 9.17) is 4.74 Å². The van der Waals surface area contributed by atoms with Crippen LogP contribution in [0.4, 0.5) is 0 Å². The van der Waals surface area contributed by atoms with Crippen LogP contribution < -0.4 is 4.74 Å². The van der Waals surface area contributed by atoms with Gasteiger partial charge in [0.25, 0.3) is 0 Å². The van der Waals surface area contributed by atoms with Gasteiger partial charge in [-0.3, -0.25) is 4.79 Å². The van der Waals surface area contributed by atoms with Crippen LogP contribution in [0.3, 0.4) is 0 Å². The number of benzene rings is 2. The number of rotatable bonds is 5. The minimum absolute atomic E-state index is 0.0469. The molecule has 0 amide bonds. The topological polar surface area (TPSA) is 26.3 Å². The molecule has 0 bridgehead atoms. The number of carbonyl (C=O) groups is 1. The molecule has 0 saturated heterocycles. The van der Waals surface area contributed by atoms with E-state index in [0.717, 1.165) is 17.7 Å². The summed E-state index contributed by atoms with van der Waals surface area (Å²) in [5.41, 5.74) is 2.65. The van der Waals surface area contributed by atoms with Crippen molar-refractivity contribution in [3.8, 4) is 5.75 Å². The number of hydrogen-bond acceptors (Lipinski definition) is 2. The van der Waals surface area contributed by atoms with Crippen molar-refractivity contribution in [2.45, 2.75) is 20.3 Å². The summed E-state index contributed by atoms with van der Waals surface area (Å²) in [5, 5.41) is 0. The molecule has 0 fully saturated rings. The summed E-state index contributed by atoms with van der Waals surface area (Å²) >= 11 is 0. The van der Waals surface area contributed by atoms with E-state index in [1.165, 1.54) is 5.56 Å². The molecule has 19 heavy (non-hydrogen) atoms. The van der Waals surface area contributed by atoms with Crippen molar-refractivity contribution in [2.75, 3.05) is 6.61 Å². The molecule has 98 valence electrons. The molecule has 2 aromatic rings. The van der Waals surface area contributed by atoms with Crippen molar-refractivity contribution in [3.63, 3.8) is 0 Å². The molecule has 0 radical (unpaired) electrons. The van der Waals surface area contributed by atoms with E-state index in [1.807, 2.05) is 43.3 Å². The molecule has 2 aromatic carbocycles. The van der Waals surface area contributed by atoms with Crippen molar-refractivity contribution in [3.05, 3.63) is 65.2 Å². The van der Waals surface area contributed by atoms with Gasteiger partial charge in [0.2, 0.25) is 0 Å². The molecule has 0 saturated carbocycles. The number of hydrogen-bond donors (Lipinski definition) is 0. The van der Waals surface area contributed by atoms with Gasteiger partial charge < -0.3 is 4.74 Å². The van der Waals surface area contributed by atoms with Crippen LogP contribution in [0.1, 0.15) is 35.3 Å². The third kappa shape index (κ3) is 3.22. The van der Waals surface area contributed by atoms with Crippen LogP contribution in [-0.2, 0) is 6.42 Å². The second-order valence-corrected chi connectivity index (χ2v) is 4.34. The van der Waals surface area contributed by atoms with E-state index >= 15 is 0 Å². The van der Waals surface area contributed by atoms with Crippen LogP contribution in [-0.4, -0.2) is 12.4 Å². The van der Waals surface area contributed by atoms with Crippen LogP contribution >= 0.6 is 0 Å². The van der Waals surface area contributed by atoms with Crippen LogP contribution in [0, 0.1) is 0 Å². The molecule has 0 N–H and O–H groups in total. The average Bonchev–Trinajstić information content (AvgIpc) is 2.48. The summed E-state index contributed by atoms with van der Waals surface area (Å²) < 4.78 is 5.37. The van der Waals surface area contributed by atoms with E-state index < -0.39 is 0 Å². The van der Waals surface area contributed by atoms with Gasteiger partial charge in [-0.1, -0.05) is 31.2 Å². The third-order valence-electron chi connectivity index (χ3n) is 3.05. The molecule has 2 rings (SSSR count). The maximum Gasteiger partial charge on any atom is 0.193 e. The van der Waals surface area contributed by atoms with Gasteiger partial charge >= 0.3 is 0 Å². The fraction of sp³-hybridized carbons (Fsp3) is 0.235. The van der Waals surface area contributed by atoms with E-state index in [9.17, 15) is 4.79 Å². The number of aryl methyl sites for hydroxylation is 1. The van der Waals surface area contributed by atoms with Crippen molar-refractivity contribution >= 4 is 5.78 Å². The highest BCUT2D eigenvalue weighted by atomic mass is 16.5. The Morgan fingerprint density at radius 2 is 1.42 bits per heavy atom. The second kappa shape index (κ2) is 6.19. The van der Waals surface area contributed by atoms with Gasteiger partial charge in [-0.05, 0) is 43.2 Å². The van der Waals surface area contributed by atoms with Crippen molar-refractivity contribution in [2.24, 2.45) is 0 Å². The first-order valence-corrected chi connectivity index (χ1v) is 6.61. The Labute approximate surface area is 114 Å². The molecule has 0 atom stereocenters. The molecule has 2 heteroatoms. The standard InChI is InChI=1S/C17H18O2/c1-3-13-5-7-14(8-6-13)17(18)15-9-11-16(12-10-15)19-4-2/h5-12H,3-4H2,1-2H3. The van der Waals surface area contributed by atoms with Crippen LogP contribution in [0.2, 0.25) is 0 Å². The van der Waals surface area contributed by atoms with Crippen LogP contribution in [0.15, 0.2) is 48.5 Å². The zero-order chi connectivity index (χ0) is 13.7. The largest absolute Gasteiger partial charge is 0.494 e. The van der Waals surface area contributed by atoms with E-state index in [2.05, 4.69) is 6.92 Å². The fourth-order valence-electron chi connectivity index (χ4n) is 1.93. The molecule has 0 aliphatic carbocycles. The van der Waals surface area contributed by atoms with Gasteiger partial charge in [-0.15, -0.1) is 0 Å². The van der Waals surface area contributed by atoms with E-state index in [0.29, 0.717) is 12.2 Å². The Morgan fingerprint density at radius 3 is 1.89 bits per heavy atom. The lowest BCUT2D eigenvalue weighted by Gasteiger charge is -2.05. The molecule has 0 heterocycles. The SMILES string of the molecule is CCOc1ccc(C(=O)c2ccc(CC)cc2)cc1. The van der Waals surface area contributed by atoms with Gasteiger partial charge in [-0.2, -0.15) is 0 Å². The number of ether oxygens (including phenoxy) is 1. The monoisotopic (exact) mass is 254 g/mol. The van der Waals surface area contributed by atoms with Crippen molar-refractivity contribution < 1.29 is 9.53 Å².